The Kier molecular flexibility index (Phi) is 10.8. The van der Waals surface area contributed by atoms with Gasteiger partial charge in [0, 0.05) is 0 Å². The monoisotopic (exact) mass is 486 g/mol. The minimum atomic E-state index is 1.45. The second kappa shape index (κ2) is 12.3. The van der Waals surface area contributed by atoms with Gasteiger partial charge in [0.25, 0.3) is 0 Å². The van der Waals surface area contributed by atoms with Gasteiger partial charge >= 0.3 is 0 Å². The van der Waals surface area contributed by atoms with Crippen molar-refractivity contribution in [3.05, 3.63) is 100 Å². The summed E-state index contributed by atoms with van der Waals surface area (Å²) in [7, 11) is 0. The van der Waals surface area contributed by atoms with Crippen molar-refractivity contribution in [3.63, 3.8) is 0 Å². The summed E-state index contributed by atoms with van der Waals surface area (Å²) >= 11 is 0. The zero-order chi connectivity index (χ0) is 28.4. The van der Waals surface area contributed by atoms with Crippen LogP contribution in [0.3, 0.4) is 0 Å². The highest BCUT2D eigenvalue weighted by atomic mass is 14.1. The van der Waals surface area contributed by atoms with E-state index in [1.54, 1.807) is 0 Å². The lowest BCUT2D eigenvalue weighted by atomic mass is 9.90. The molecule has 3 rings (SSSR count). The zero-order valence-corrected chi connectivity index (χ0v) is 27.0. The summed E-state index contributed by atoms with van der Waals surface area (Å²) in [5.74, 6) is 0. The normalized spacial score (nSPS) is 10.5. The Morgan fingerprint density at radius 3 is 0.167 bits per heavy atom. The Morgan fingerprint density at radius 1 is 0.111 bits per heavy atom. The molecule has 0 heterocycles. The number of rotatable bonds is 0. The summed E-state index contributed by atoms with van der Waals surface area (Å²) in [5, 5.41) is 0. The third kappa shape index (κ3) is 6.13. The van der Waals surface area contributed by atoms with Gasteiger partial charge in [-0.1, -0.05) is 0 Å². The van der Waals surface area contributed by atoms with Gasteiger partial charge in [-0.3, -0.25) is 0 Å². The van der Waals surface area contributed by atoms with Gasteiger partial charge in [-0.2, -0.15) is 0 Å². The van der Waals surface area contributed by atoms with E-state index in [4.69, 9.17) is 0 Å². The smallest absolute Gasteiger partial charge is 0.0392 e. The summed E-state index contributed by atoms with van der Waals surface area (Å²) in [5.41, 5.74) is 26.2. The first-order valence-corrected chi connectivity index (χ1v) is 13.5. The van der Waals surface area contributed by atoms with Gasteiger partial charge in [0.15, 0.2) is 0 Å². The van der Waals surface area contributed by atoms with E-state index in [1.165, 1.54) is 100 Å². The second-order valence-electron chi connectivity index (χ2n) is 11.2. The largest absolute Gasteiger partial charge is 0.0447 e. The van der Waals surface area contributed by atoms with Gasteiger partial charge in [-0.15, -0.1) is 0 Å². The van der Waals surface area contributed by atoms with Crippen LogP contribution >= 0.6 is 0 Å². The maximum Gasteiger partial charge on any atom is -0.0392 e. The van der Waals surface area contributed by atoms with Gasteiger partial charge in [-0.25, -0.2) is 0 Å². The maximum atomic E-state index is 2.21. The van der Waals surface area contributed by atoms with E-state index in [1.807, 2.05) is 0 Å². The SMILES string of the molecule is Cc1c(C)c(C)c(C)c(C)c1C.Cc1c(C)c(C)c(C)c(C)c1C.Cc1c(C)c(C)c(C)c(C)c1C. The van der Waals surface area contributed by atoms with Crippen LogP contribution in [0.2, 0.25) is 0 Å². The summed E-state index contributed by atoms with van der Waals surface area (Å²) in [4.78, 5) is 0. The number of hydrogen-bond donors (Lipinski definition) is 0. The molecule has 0 amide bonds. The zero-order valence-electron chi connectivity index (χ0n) is 27.0. The fourth-order valence-electron chi connectivity index (χ4n) is 5.06. The van der Waals surface area contributed by atoms with Gasteiger partial charge in [0.2, 0.25) is 0 Å². The highest BCUT2D eigenvalue weighted by Crippen LogP contribution is 2.26. The quantitative estimate of drug-likeness (QED) is 0.296. The summed E-state index contributed by atoms with van der Waals surface area (Å²) < 4.78 is 0. The molecule has 0 N–H and O–H groups in total. The number of benzene rings is 3. The van der Waals surface area contributed by atoms with Crippen molar-refractivity contribution < 1.29 is 0 Å². The van der Waals surface area contributed by atoms with Crippen molar-refractivity contribution in [2.45, 2.75) is 125 Å². The Bertz CT molecular complexity index is 803. The molecule has 0 saturated heterocycles. The van der Waals surface area contributed by atoms with Crippen LogP contribution in [0.5, 0.6) is 0 Å². The molecule has 0 atom stereocenters. The van der Waals surface area contributed by atoms with Crippen LogP contribution in [0, 0.1) is 125 Å². The molecule has 0 bridgehead atoms. The summed E-state index contributed by atoms with van der Waals surface area (Å²) in [6.07, 6.45) is 0. The van der Waals surface area contributed by atoms with E-state index in [9.17, 15) is 0 Å². The first-order valence-electron chi connectivity index (χ1n) is 13.5. The van der Waals surface area contributed by atoms with Gasteiger partial charge in [0.05, 0.1) is 0 Å². The van der Waals surface area contributed by atoms with Crippen LogP contribution in [0.25, 0.3) is 0 Å². The van der Waals surface area contributed by atoms with E-state index in [0.29, 0.717) is 0 Å². The number of hydrogen-bond acceptors (Lipinski definition) is 0. The molecule has 198 valence electrons. The van der Waals surface area contributed by atoms with Crippen molar-refractivity contribution in [2.24, 2.45) is 0 Å². The Hall–Kier alpha value is -2.34. The first kappa shape index (κ1) is 31.7. The third-order valence-electron chi connectivity index (χ3n) is 10.1. The molecule has 0 spiro atoms. The van der Waals surface area contributed by atoms with Crippen LogP contribution in [0.15, 0.2) is 0 Å². The lowest BCUT2D eigenvalue weighted by molar-refractivity contribution is 1.13. The fourth-order valence-corrected chi connectivity index (χ4v) is 5.06. The standard InChI is InChI=1S/3C12H18/c3*1-7-8(2)10(4)12(6)11(5)9(7)3/h3*1-6H3. The van der Waals surface area contributed by atoms with Crippen molar-refractivity contribution in [1.29, 1.82) is 0 Å². The maximum absolute atomic E-state index is 2.21. The van der Waals surface area contributed by atoms with Crippen molar-refractivity contribution in [2.75, 3.05) is 0 Å². The van der Waals surface area contributed by atoms with Crippen LogP contribution < -0.4 is 0 Å². The molecular formula is C36H54. The molecule has 3 aromatic rings. The van der Waals surface area contributed by atoms with Crippen LogP contribution in [-0.4, -0.2) is 0 Å². The van der Waals surface area contributed by atoms with Crippen LogP contribution in [0.1, 0.15) is 100 Å². The molecule has 0 aliphatic carbocycles. The van der Waals surface area contributed by atoms with Crippen LogP contribution in [0.4, 0.5) is 0 Å². The van der Waals surface area contributed by atoms with Gasteiger partial charge < -0.3 is 0 Å². The Labute approximate surface area is 224 Å². The average Bonchev–Trinajstić information content (AvgIpc) is 2.87. The van der Waals surface area contributed by atoms with E-state index in [-0.39, 0.29) is 0 Å². The van der Waals surface area contributed by atoms with Crippen molar-refractivity contribution >= 4 is 0 Å². The van der Waals surface area contributed by atoms with E-state index in [0.717, 1.165) is 0 Å². The minimum absolute atomic E-state index is 1.45. The summed E-state index contributed by atoms with van der Waals surface area (Å²) in [6, 6.07) is 0. The molecule has 0 radical (unpaired) electrons. The van der Waals surface area contributed by atoms with Gasteiger partial charge in [-0.05, 0) is 225 Å². The predicted octanol–water partition coefficient (Wildman–Crippen LogP) is 10.6. The van der Waals surface area contributed by atoms with E-state index < -0.39 is 0 Å². The average molecular weight is 487 g/mol. The molecule has 0 fully saturated rings. The molecule has 0 heteroatoms. The van der Waals surface area contributed by atoms with Crippen molar-refractivity contribution in [3.8, 4) is 0 Å². The molecule has 36 heavy (non-hydrogen) atoms. The minimum Gasteiger partial charge on any atom is -0.0447 e. The lowest BCUT2D eigenvalue weighted by Crippen LogP contribution is -1.98. The molecule has 0 saturated carbocycles. The molecule has 3 aromatic carbocycles. The topological polar surface area (TPSA) is 0 Å². The third-order valence-corrected chi connectivity index (χ3v) is 10.1. The van der Waals surface area contributed by atoms with Gasteiger partial charge in [0.1, 0.15) is 0 Å². The van der Waals surface area contributed by atoms with Crippen molar-refractivity contribution in [1.82, 2.24) is 0 Å². The molecule has 0 unspecified atom stereocenters. The summed E-state index contributed by atoms with van der Waals surface area (Å²) in [6.45, 7) is 39.8. The highest BCUT2D eigenvalue weighted by molar-refractivity contribution is 5.50. The van der Waals surface area contributed by atoms with E-state index >= 15 is 0 Å². The predicted molar refractivity (Wildman–Crippen MR) is 165 cm³/mol. The van der Waals surface area contributed by atoms with Crippen LogP contribution in [-0.2, 0) is 0 Å². The molecule has 0 aromatic heterocycles. The molecular weight excluding hydrogens is 432 g/mol. The molecule has 0 aliphatic rings. The fraction of sp³-hybridized carbons (Fsp3) is 0.500. The molecule has 0 aliphatic heterocycles. The molecule has 0 nitrogen and oxygen atoms in total. The Morgan fingerprint density at radius 2 is 0.139 bits per heavy atom. The second-order valence-corrected chi connectivity index (χ2v) is 11.2. The van der Waals surface area contributed by atoms with E-state index in [2.05, 4.69) is 125 Å². The lowest BCUT2D eigenvalue weighted by Gasteiger charge is -2.15. The first-order chi connectivity index (χ1) is 16.4. The Balaban J connectivity index is 0.000000270. The highest BCUT2D eigenvalue weighted by Gasteiger charge is 2.09.